The van der Waals surface area contributed by atoms with Gasteiger partial charge in [0.05, 0.1) is 27.4 Å². The average Bonchev–Trinajstić information content (AvgIpc) is 3.06. The lowest BCUT2D eigenvalue weighted by Gasteiger charge is -2.25. The van der Waals surface area contributed by atoms with Crippen molar-refractivity contribution in [2.24, 2.45) is 0 Å². The number of aromatic amines is 1. The summed E-state index contributed by atoms with van der Waals surface area (Å²) in [4.78, 5) is 3.64. The number of aromatic nitrogens is 1. The number of methoxy groups -OCH3 is 3. The summed E-state index contributed by atoms with van der Waals surface area (Å²) in [6.07, 6.45) is 1.85. The van der Waals surface area contributed by atoms with Crippen LogP contribution in [0.5, 0.6) is 17.2 Å². The molecular formula is C22H27ClN2O3. The van der Waals surface area contributed by atoms with Gasteiger partial charge in [-0.25, -0.2) is 0 Å². The number of H-pyrrole nitrogens is 1. The Morgan fingerprint density at radius 2 is 1.68 bits per heavy atom. The van der Waals surface area contributed by atoms with Gasteiger partial charge in [-0.15, -0.1) is 12.4 Å². The Balaban J connectivity index is 0.00000225. The molecule has 0 saturated heterocycles. The second kappa shape index (κ2) is 8.33. The predicted octanol–water partition coefficient (Wildman–Crippen LogP) is 4.35. The molecule has 0 fully saturated rings. The van der Waals surface area contributed by atoms with E-state index in [1.807, 2.05) is 12.1 Å². The molecule has 1 atom stereocenters. The molecule has 150 valence electrons. The van der Waals surface area contributed by atoms with Crippen molar-refractivity contribution < 1.29 is 14.2 Å². The van der Waals surface area contributed by atoms with Crippen molar-refractivity contribution in [2.45, 2.75) is 25.8 Å². The van der Waals surface area contributed by atoms with E-state index in [1.54, 1.807) is 21.3 Å². The monoisotopic (exact) mass is 402 g/mol. The number of benzene rings is 2. The van der Waals surface area contributed by atoms with Gasteiger partial charge in [0.1, 0.15) is 5.75 Å². The number of rotatable bonds is 5. The van der Waals surface area contributed by atoms with Gasteiger partial charge < -0.3 is 24.5 Å². The van der Waals surface area contributed by atoms with Crippen molar-refractivity contribution in [3.05, 3.63) is 52.7 Å². The van der Waals surface area contributed by atoms with E-state index < -0.39 is 0 Å². The van der Waals surface area contributed by atoms with Gasteiger partial charge in [-0.2, -0.15) is 0 Å². The molecule has 0 amide bonds. The maximum atomic E-state index is 5.62. The second-order valence-electron chi connectivity index (χ2n) is 7.05. The number of nitrogens with one attached hydrogen (secondary N) is 2. The van der Waals surface area contributed by atoms with E-state index in [0.717, 1.165) is 36.4 Å². The number of fused-ring (bicyclic) bond motifs is 3. The van der Waals surface area contributed by atoms with E-state index in [1.165, 1.54) is 27.7 Å². The summed E-state index contributed by atoms with van der Waals surface area (Å²) < 4.78 is 16.5. The summed E-state index contributed by atoms with van der Waals surface area (Å²) >= 11 is 0. The van der Waals surface area contributed by atoms with Crippen LogP contribution in [0.1, 0.15) is 28.4 Å². The van der Waals surface area contributed by atoms with Crippen LogP contribution in [0.2, 0.25) is 0 Å². The first kappa shape index (κ1) is 20.4. The van der Waals surface area contributed by atoms with Gasteiger partial charge in [0.25, 0.3) is 0 Å². The molecule has 4 rings (SSSR count). The van der Waals surface area contributed by atoms with Gasteiger partial charge in [0.2, 0.25) is 0 Å². The quantitative estimate of drug-likeness (QED) is 0.666. The highest BCUT2D eigenvalue weighted by molar-refractivity contribution is 5.86. The van der Waals surface area contributed by atoms with Crippen molar-refractivity contribution in [1.29, 1.82) is 0 Å². The highest BCUT2D eigenvalue weighted by atomic mass is 35.5. The van der Waals surface area contributed by atoms with E-state index in [4.69, 9.17) is 14.2 Å². The van der Waals surface area contributed by atoms with Crippen LogP contribution in [0.25, 0.3) is 10.9 Å². The normalized spacial score (nSPS) is 15.6. The van der Waals surface area contributed by atoms with Gasteiger partial charge in [-0.3, -0.25) is 0 Å². The molecule has 1 unspecified atom stereocenters. The van der Waals surface area contributed by atoms with Crippen LogP contribution >= 0.6 is 12.4 Å². The Morgan fingerprint density at radius 1 is 0.964 bits per heavy atom. The first-order valence-corrected chi connectivity index (χ1v) is 9.28. The third-order valence-electron chi connectivity index (χ3n) is 5.42. The Bertz CT molecular complexity index is 984. The highest BCUT2D eigenvalue weighted by Crippen LogP contribution is 2.38. The number of ether oxygens (including phenoxy) is 3. The van der Waals surface area contributed by atoms with E-state index in [9.17, 15) is 0 Å². The lowest BCUT2D eigenvalue weighted by Crippen LogP contribution is -2.31. The Labute approximate surface area is 171 Å². The molecule has 0 aliphatic carbocycles. The fourth-order valence-corrected chi connectivity index (χ4v) is 4.07. The van der Waals surface area contributed by atoms with Crippen LogP contribution in [-0.2, 0) is 12.8 Å². The summed E-state index contributed by atoms with van der Waals surface area (Å²) in [6.45, 7) is 3.11. The molecule has 0 spiro atoms. The zero-order valence-electron chi connectivity index (χ0n) is 16.7. The fourth-order valence-electron chi connectivity index (χ4n) is 4.07. The topological polar surface area (TPSA) is 55.5 Å². The lowest BCUT2D eigenvalue weighted by atomic mass is 9.94. The van der Waals surface area contributed by atoms with Crippen molar-refractivity contribution in [3.63, 3.8) is 0 Å². The van der Waals surface area contributed by atoms with Crippen molar-refractivity contribution in [2.75, 3.05) is 27.9 Å². The second-order valence-corrected chi connectivity index (χ2v) is 7.05. The standard InChI is InChI=1S/C22H26N2O3.ClH/c1-13-5-6-17-16(9-13)15-7-8-23-18(22(15)24-17)10-14-11-20(26-3)21(27-4)12-19(14)25-2;/h5-6,9,11-12,18,23-24H,7-8,10H2,1-4H3;1H. The summed E-state index contributed by atoms with van der Waals surface area (Å²) in [7, 11) is 4.99. The minimum atomic E-state index is 0. The highest BCUT2D eigenvalue weighted by Gasteiger charge is 2.25. The first-order chi connectivity index (χ1) is 13.1. The molecule has 1 aliphatic heterocycles. The third kappa shape index (κ3) is 3.52. The lowest BCUT2D eigenvalue weighted by molar-refractivity contribution is 0.346. The average molecular weight is 403 g/mol. The molecule has 2 N–H and O–H groups in total. The fraction of sp³-hybridized carbons (Fsp3) is 0.364. The largest absolute Gasteiger partial charge is 0.496 e. The number of aryl methyl sites for hydroxylation is 1. The number of hydrogen-bond donors (Lipinski definition) is 2. The van der Waals surface area contributed by atoms with Gasteiger partial charge >= 0.3 is 0 Å². The summed E-state index contributed by atoms with van der Waals surface area (Å²) in [5.41, 5.74) is 6.30. The third-order valence-corrected chi connectivity index (χ3v) is 5.42. The van der Waals surface area contributed by atoms with Crippen LogP contribution in [-0.4, -0.2) is 32.9 Å². The zero-order chi connectivity index (χ0) is 19.0. The van der Waals surface area contributed by atoms with E-state index in [0.29, 0.717) is 5.75 Å². The minimum absolute atomic E-state index is 0. The summed E-state index contributed by atoms with van der Waals surface area (Å²) in [5, 5.41) is 5.00. The number of hydrogen-bond acceptors (Lipinski definition) is 4. The van der Waals surface area contributed by atoms with Crippen LogP contribution in [0, 0.1) is 6.92 Å². The molecule has 0 bridgehead atoms. The molecule has 28 heavy (non-hydrogen) atoms. The van der Waals surface area contributed by atoms with Gasteiger partial charge in [-0.05, 0) is 55.6 Å². The van der Waals surface area contributed by atoms with Gasteiger partial charge in [0.15, 0.2) is 11.5 Å². The molecule has 0 saturated carbocycles. The van der Waals surface area contributed by atoms with Crippen molar-refractivity contribution in [1.82, 2.24) is 10.3 Å². The van der Waals surface area contributed by atoms with Crippen LogP contribution in [0.3, 0.4) is 0 Å². The predicted molar refractivity (Wildman–Crippen MR) is 115 cm³/mol. The van der Waals surface area contributed by atoms with Gasteiger partial charge in [0, 0.05) is 22.7 Å². The Hall–Kier alpha value is -2.37. The van der Waals surface area contributed by atoms with E-state index >= 15 is 0 Å². The first-order valence-electron chi connectivity index (χ1n) is 9.28. The number of halogens is 1. The summed E-state index contributed by atoms with van der Waals surface area (Å²) in [6, 6.07) is 10.7. The molecule has 3 aromatic rings. The molecule has 0 radical (unpaired) electrons. The molecule has 1 aromatic heterocycles. The van der Waals surface area contributed by atoms with E-state index in [2.05, 4.69) is 35.4 Å². The SMILES string of the molecule is COc1cc(OC)c(OC)cc1CC1NCCc2c1[nH]c1ccc(C)cc21.Cl. The molecule has 2 aromatic carbocycles. The molecular weight excluding hydrogens is 376 g/mol. The van der Waals surface area contributed by atoms with Crippen molar-refractivity contribution >= 4 is 23.3 Å². The van der Waals surface area contributed by atoms with E-state index in [-0.39, 0.29) is 18.4 Å². The maximum Gasteiger partial charge on any atom is 0.164 e. The maximum absolute atomic E-state index is 5.62. The van der Waals surface area contributed by atoms with Crippen LogP contribution in [0.4, 0.5) is 0 Å². The molecule has 5 nitrogen and oxygen atoms in total. The Morgan fingerprint density at radius 3 is 2.39 bits per heavy atom. The van der Waals surface area contributed by atoms with Crippen molar-refractivity contribution in [3.8, 4) is 17.2 Å². The van der Waals surface area contributed by atoms with Gasteiger partial charge in [-0.1, -0.05) is 11.6 Å². The smallest absolute Gasteiger partial charge is 0.164 e. The zero-order valence-corrected chi connectivity index (χ0v) is 17.5. The molecule has 2 heterocycles. The summed E-state index contributed by atoms with van der Waals surface area (Å²) in [5.74, 6) is 2.21. The molecule has 1 aliphatic rings. The molecule has 6 heteroatoms. The van der Waals surface area contributed by atoms with Crippen LogP contribution in [0.15, 0.2) is 30.3 Å². The van der Waals surface area contributed by atoms with Crippen LogP contribution < -0.4 is 19.5 Å². The minimum Gasteiger partial charge on any atom is -0.496 e. The Kier molecular flexibility index (Phi) is 6.06.